The van der Waals surface area contributed by atoms with Crippen LogP contribution in [-0.4, -0.2) is 6.29 Å². The Labute approximate surface area is 109 Å². The Morgan fingerprint density at radius 1 is 1.22 bits per heavy atom. The van der Waals surface area contributed by atoms with Gasteiger partial charge in [-0.3, -0.25) is 0 Å². The fourth-order valence-corrected chi connectivity index (χ4v) is 3.97. The number of carbonyl (C=O) groups excluding carboxylic acids is 1. The third-order valence-electron chi connectivity index (χ3n) is 5.11. The Balaban J connectivity index is 2.01. The number of fused-ring (bicyclic) bond motifs is 1. The number of hydrogen-bond donors (Lipinski definition) is 0. The van der Waals surface area contributed by atoms with Crippen LogP contribution >= 0.6 is 0 Å². The molecule has 0 amide bonds. The van der Waals surface area contributed by atoms with Crippen LogP contribution in [0.4, 0.5) is 0 Å². The molecule has 0 N–H and O–H groups in total. The largest absolute Gasteiger partial charge is 0.303 e. The first-order valence-electron chi connectivity index (χ1n) is 6.94. The van der Waals surface area contributed by atoms with Crippen molar-refractivity contribution in [3.63, 3.8) is 0 Å². The lowest BCUT2D eigenvalue weighted by Crippen LogP contribution is -2.38. The predicted molar refractivity (Wildman–Crippen MR) is 73.3 cm³/mol. The first-order valence-corrected chi connectivity index (χ1v) is 6.94. The summed E-state index contributed by atoms with van der Waals surface area (Å²) in [5.41, 5.74) is 1.45. The second-order valence-electron chi connectivity index (χ2n) is 5.99. The number of rotatable bonds is 2. The predicted octanol–water partition coefficient (Wildman–Crippen LogP) is 3.96. The van der Waals surface area contributed by atoms with Crippen LogP contribution in [-0.2, 0) is 4.79 Å². The highest BCUT2D eigenvalue weighted by atomic mass is 16.1. The Kier molecular flexibility index (Phi) is 2.85. The summed E-state index contributed by atoms with van der Waals surface area (Å²) in [5, 5.41) is 0. The second-order valence-corrected chi connectivity index (χ2v) is 5.99. The van der Waals surface area contributed by atoms with Crippen LogP contribution < -0.4 is 0 Å². The highest BCUT2D eigenvalue weighted by Crippen LogP contribution is 2.55. The van der Waals surface area contributed by atoms with E-state index in [4.69, 9.17) is 0 Å². The molecule has 0 aromatic heterocycles. The van der Waals surface area contributed by atoms with Crippen molar-refractivity contribution >= 4 is 6.29 Å². The SMILES string of the molecule is C[C@]12CCC[C@@H]1C=C[C@H](c1ccccc1)[C@H]2C=O. The van der Waals surface area contributed by atoms with Crippen LogP contribution in [0.25, 0.3) is 0 Å². The molecule has 0 unspecified atom stereocenters. The van der Waals surface area contributed by atoms with Crippen molar-refractivity contribution in [2.45, 2.75) is 32.1 Å². The fourth-order valence-electron chi connectivity index (χ4n) is 3.97. The number of aldehydes is 1. The van der Waals surface area contributed by atoms with Gasteiger partial charge in [0.2, 0.25) is 0 Å². The van der Waals surface area contributed by atoms with E-state index in [-0.39, 0.29) is 17.3 Å². The number of allylic oxidation sites excluding steroid dienone is 2. The summed E-state index contributed by atoms with van der Waals surface area (Å²) >= 11 is 0. The van der Waals surface area contributed by atoms with E-state index < -0.39 is 0 Å². The summed E-state index contributed by atoms with van der Waals surface area (Å²) in [4.78, 5) is 11.7. The minimum absolute atomic E-state index is 0.136. The quantitative estimate of drug-likeness (QED) is 0.565. The van der Waals surface area contributed by atoms with Gasteiger partial charge in [0.25, 0.3) is 0 Å². The third kappa shape index (κ3) is 1.65. The molecule has 0 heterocycles. The summed E-state index contributed by atoms with van der Waals surface area (Å²) in [5.74, 6) is 1.01. The highest BCUT2D eigenvalue weighted by Gasteiger charge is 2.48. The summed E-state index contributed by atoms with van der Waals surface area (Å²) in [7, 11) is 0. The van der Waals surface area contributed by atoms with Gasteiger partial charge in [-0.25, -0.2) is 0 Å². The molecule has 0 saturated heterocycles. The second kappa shape index (κ2) is 4.38. The van der Waals surface area contributed by atoms with Crippen molar-refractivity contribution in [2.24, 2.45) is 17.3 Å². The van der Waals surface area contributed by atoms with E-state index in [1.165, 1.54) is 31.1 Å². The lowest BCUT2D eigenvalue weighted by Gasteiger charge is -2.42. The topological polar surface area (TPSA) is 17.1 Å². The van der Waals surface area contributed by atoms with E-state index in [0.29, 0.717) is 5.92 Å². The van der Waals surface area contributed by atoms with Gasteiger partial charge in [-0.2, -0.15) is 0 Å². The molecule has 18 heavy (non-hydrogen) atoms. The monoisotopic (exact) mass is 240 g/mol. The van der Waals surface area contributed by atoms with Crippen molar-refractivity contribution in [3.8, 4) is 0 Å². The van der Waals surface area contributed by atoms with Crippen LogP contribution in [0.3, 0.4) is 0 Å². The summed E-state index contributed by atoms with van der Waals surface area (Å²) in [6, 6.07) is 10.4. The Morgan fingerprint density at radius 3 is 2.72 bits per heavy atom. The molecule has 0 aliphatic heterocycles. The first-order chi connectivity index (χ1) is 8.75. The van der Waals surface area contributed by atoms with Crippen molar-refractivity contribution < 1.29 is 4.79 Å². The van der Waals surface area contributed by atoms with Gasteiger partial charge in [-0.1, -0.05) is 55.8 Å². The normalized spacial score (nSPS) is 38.4. The first kappa shape index (κ1) is 11.7. The number of carbonyl (C=O) groups is 1. The van der Waals surface area contributed by atoms with Crippen molar-refractivity contribution in [1.82, 2.24) is 0 Å². The molecular weight excluding hydrogens is 220 g/mol. The highest BCUT2D eigenvalue weighted by molar-refractivity contribution is 5.60. The van der Waals surface area contributed by atoms with Crippen LogP contribution in [0.5, 0.6) is 0 Å². The van der Waals surface area contributed by atoms with Gasteiger partial charge < -0.3 is 4.79 Å². The Morgan fingerprint density at radius 2 is 2.00 bits per heavy atom. The zero-order valence-electron chi connectivity index (χ0n) is 10.9. The minimum atomic E-state index is 0.136. The molecule has 94 valence electrons. The van der Waals surface area contributed by atoms with E-state index >= 15 is 0 Å². The molecule has 0 radical (unpaired) electrons. The average molecular weight is 240 g/mol. The molecule has 1 nitrogen and oxygen atoms in total. The van der Waals surface area contributed by atoms with Gasteiger partial charge in [0.15, 0.2) is 0 Å². The molecule has 1 fully saturated rings. The zero-order chi connectivity index (χ0) is 12.6. The molecule has 2 aliphatic rings. The van der Waals surface area contributed by atoms with Crippen LogP contribution in [0, 0.1) is 17.3 Å². The molecule has 1 aromatic carbocycles. The Bertz CT molecular complexity index is 462. The molecule has 1 aromatic rings. The van der Waals surface area contributed by atoms with Gasteiger partial charge >= 0.3 is 0 Å². The van der Waals surface area contributed by atoms with Crippen LogP contribution in [0.1, 0.15) is 37.7 Å². The molecule has 0 bridgehead atoms. The molecule has 3 rings (SSSR count). The number of hydrogen-bond acceptors (Lipinski definition) is 1. The lowest BCUT2D eigenvalue weighted by atomic mass is 9.61. The van der Waals surface area contributed by atoms with Crippen molar-refractivity contribution in [1.29, 1.82) is 0 Å². The summed E-state index contributed by atoms with van der Waals surface area (Å²) in [6.45, 7) is 2.31. The lowest BCUT2D eigenvalue weighted by molar-refractivity contribution is -0.116. The van der Waals surface area contributed by atoms with Crippen molar-refractivity contribution in [3.05, 3.63) is 48.0 Å². The van der Waals surface area contributed by atoms with Gasteiger partial charge in [0, 0.05) is 11.8 Å². The maximum absolute atomic E-state index is 11.7. The minimum Gasteiger partial charge on any atom is -0.303 e. The van der Waals surface area contributed by atoms with Gasteiger partial charge in [-0.15, -0.1) is 0 Å². The van der Waals surface area contributed by atoms with Gasteiger partial charge in [0.05, 0.1) is 0 Å². The molecular formula is C17H20O. The fraction of sp³-hybridized carbons (Fsp3) is 0.471. The maximum Gasteiger partial charge on any atom is 0.124 e. The zero-order valence-corrected chi connectivity index (χ0v) is 10.9. The molecule has 1 heteroatoms. The third-order valence-corrected chi connectivity index (χ3v) is 5.11. The molecule has 0 spiro atoms. The van der Waals surface area contributed by atoms with Gasteiger partial charge in [0.1, 0.15) is 6.29 Å². The van der Waals surface area contributed by atoms with Crippen molar-refractivity contribution in [2.75, 3.05) is 0 Å². The molecule has 1 saturated carbocycles. The maximum atomic E-state index is 11.7. The summed E-state index contributed by atoms with van der Waals surface area (Å²) in [6.07, 6.45) is 9.54. The van der Waals surface area contributed by atoms with Crippen LogP contribution in [0.15, 0.2) is 42.5 Å². The number of benzene rings is 1. The molecule has 2 aliphatic carbocycles. The van der Waals surface area contributed by atoms with E-state index in [2.05, 4.69) is 43.3 Å². The van der Waals surface area contributed by atoms with Gasteiger partial charge in [-0.05, 0) is 29.7 Å². The van der Waals surface area contributed by atoms with Crippen LogP contribution in [0.2, 0.25) is 0 Å². The summed E-state index contributed by atoms with van der Waals surface area (Å²) < 4.78 is 0. The van der Waals surface area contributed by atoms with E-state index in [9.17, 15) is 4.79 Å². The van der Waals surface area contributed by atoms with E-state index in [1.54, 1.807) is 0 Å². The Hall–Kier alpha value is -1.37. The van der Waals surface area contributed by atoms with E-state index in [1.807, 2.05) is 6.07 Å². The smallest absolute Gasteiger partial charge is 0.124 e. The van der Waals surface area contributed by atoms with E-state index in [0.717, 1.165) is 0 Å². The average Bonchev–Trinajstić information content (AvgIpc) is 2.79. The molecule has 4 atom stereocenters. The standard InChI is InChI=1S/C17H20O/c1-17-11-5-8-14(17)9-10-15(16(17)12-18)13-6-3-2-4-7-13/h2-4,6-7,9-10,12,14-16H,5,8,11H2,1H3/t14-,15-,16-,17+/m1/s1.